The number of amides is 1. The van der Waals surface area contributed by atoms with Gasteiger partial charge < -0.3 is 9.64 Å². The molecule has 0 unspecified atom stereocenters. The van der Waals surface area contributed by atoms with E-state index in [1.165, 1.54) is 11.0 Å². The molecule has 0 aromatic rings. The molecular weight excluding hydrogens is 182 g/mol. The number of carbonyl (C=O) groups is 2. The van der Waals surface area contributed by atoms with Crippen molar-refractivity contribution in [1.29, 1.82) is 0 Å². The van der Waals surface area contributed by atoms with E-state index in [0.717, 1.165) is 0 Å². The number of nitrogens with zero attached hydrogens (tertiary/aromatic N) is 1. The Balaban J connectivity index is 4.11. The van der Waals surface area contributed by atoms with E-state index in [2.05, 4.69) is 6.58 Å². The van der Waals surface area contributed by atoms with Crippen LogP contribution in [0.1, 0.15) is 20.8 Å². The second-order valence-corrected chi connectivity index (χ2v) is 3.10. The lowest BCUT2D eigenvalue weighted by atomic mass is 10.4. The van der Waals surface area contributed by atoms with Crippen molar-refractivity contribution in [3.05, 3.63) is 12.7 Å². The smallest absolute Gasteiger partial charge is 0.325 e. The summed E-state index contributed by atoms with van der Waals surface area (Å²) in [6.45, 7) is 9.14. The van der Waals surface area contributed by atoms with E-state index in [0.29, 0.717) is 6.54 Å². The molecule has 0 radical (unpaired) electrons. The van der Waals surface area contributed by atoms with Crippen LogP contribution in [0, 0.1) is 0 Å². The third kappa shape index (κ3) is 4.64. The predicted octanol–water partition coefficient (Wildman–Crippen LogP) is 0.972. The summed E-state index contributed by atoms with van der Waals surface area (Å²) in [5.74, 6) is -0.648. The number of likely N-dealkylation sites (N-methyl/N-ethyl adjacent to an activating group) is 1. The molecule has 0 atom stereocenters. The standard InChI is InChI=1S/C10H17NO3/c1-5-9(12)11(6-2)7-10(13)14-8(3)4/h5,8H,1,6-7H2,2-4H3. The molecule has 0 heterocycles. The third-order valence-electron chi connectivity index (χ3n) is 1.56. The van der Waals surface area contributed by atoms with E-state index < -0.39 is 5.97 Å². The van der Waals surface area contributed by atoms with Crippen LogP contribution in [0.4, 0.5) is 0 Å². The average Bonchev–Trinajstić information content (AvgIpc) is 2.11. The highest BCUT2D eigenvalue weighted by Gasteiger charge is 2.14. The number of hydrogen-bond donors (Lipinski definition) is 0. The Morgan fingerprint density at radius 3 is 2.43 bits per heavy atom. The van der Waals surface area contributed by atoms with E-state index in [1.54, 1.807) is 20.8 Å². The molecule has 0 fully saturated rings. The summed E-state index contributed by atoms with van der Waals surface area (Å²) in [6.07, 6.45) is 1.03. The minimum atomic E-state index is -0.392. The monoisotopic (exact) mass is 199 g/mol. The topological polar surface area (TPSA) is 46.6 Å². The van der Waals surface area contributed by atoms with Crippen LogP contribution in [0.15, 0.2) is 12.7 Å². The first kappa shape index (κ1) is 12.7. The van der Waals surface area contributed by atoms with Gasteiger partial charge in [-0.1, -0.05) is 6.58 Å². The molecule has 0 aromatic carbocycles. The fourth-order valence-electron chi connectivity index (χ4n) is 0.931. The van der Waals surface area contributed by atoms with E-state index in [4.69, 9.17) is 4.74 Å². The van der Waals surface area contributed by atoms with Crippen LogP contribution in [0.25, 0.3) is 0 Å². The van der Waals surface area contributed by atoms with Crippen LogP contribution < -0.4 is 0 Å². The summed E-state index contributed by atoms with van der Waals surface area (Å²) >= 11 is 0. The van der Waals surface area contributed by atoms with Crippen LogP contribution in [0.3, 0.4) is 0 Å². The Morgan fingerprint density at radius 2 is 2.07 bits per heavy atom. The van der Waals surface area contributed by atoms with E-state index in [9.17, 15) is 9.59 Å². The van der Waals surface area contributed by atoms with Crippen LogP contribution >= 0.6 is 0 Å². The van der Waals surface area contributed by atoms with Gasteiger partial charge in [0.15, 0.2) is 0 Å². The van der Waals surface area contributed by atoms with Crippen LogP contribution in [0.2, 0.25) is 0 Å². The summed E-state index contributed by atoms with van der Waals surface area (Å²) in [5, 5.41) is 0. The summed E-state index contributed by atoms with van der Waals surface area (Å²) in [4.78, 5) is 23.7. The number of ether oxygens (including phenoxy) is 1. The Kier molecular flexibility index (Phi) is 5.60. The lowest BCUT2D eigenvalue weighted by Gasteiger charge is -2.18. The molecule has 0 saturated heterocycles. The third-order valence-corrected chi connectivity index (χ3v) is 1.56. The van der Waals surface area contributed by atoms with Gasteiger partial charge in [-0.25, -0.2) is 0 Å². The molecule has 80 valence electrons. The Labute approximate surface area is 84.5 Å². The van der Waals surface area contributed by atoms with Crippen molar-refractivity contribution in [1.82, 2.24) is 4.90 Å². The van der Waals surface area contributed by atoms with Crippen molar-refractivity contribution in [2.75, 3.05) is 13.1 Å². The molecule has 0 bridgehead atoms. The zero-order valence-corrected chi connectivity index (χ0v) is 8.95. The number of esters is 1. The summed E-state index contributed by atoms with van der Waals surface area (Å²) in [5.41, 5.74) is 0. The SMILES string of the molecule is C=CC(=O)N(CC)CC(=O)OC(C)C. The number of carbonyl (C=O) groups excluding carboxylic acids is 2. The first-order valence-electron chi connectivity index (χ1n) is 4.62. The van der Waals surface area contributed by atoms with Gasteiger partial charge in [0.25, 0.3) is 0 Å². The Morgan fingerprint density at radius 1 is 1.50 bits per heavy atom. The first-order chi connectivity index (χ1) is 6.51. The molecule has 0 aromatic heterocycles. The summed E-state index contributed by atoms with van der Waals surface area (Å²) in [7, 11) is 0. The zero-order valence-electron chi connectivity index (χ0n) is 8.95. The van der Waals surface area contributed by atoms with Crippen molar-refractivity contribution in [2.45, 2.75) is 26.9 Å². The maximum Gasteiger partial charge on any atom is 0.325 e. The molecule has 0 aliphatic heterocycles. The van der Waals surface area contributed by atoms with Gasteiger partial charge in [-0.15, -0.1) is 0 Å². The second kappa shape index (κ2) is 6.18. The molecule has 1 amide bonds. The van der Waals surface area contributed by atoms with Crippen LogP contribution in [-0.4, -0.2) is 36.0 Å². The minimum Gasteiger partial charge on any atom is -0.462 e. The quantitative estimate of drug-likeness (QED) is 0.489. The zero-order chi connectivity index (χ0) is 11.1. The number of rotatable bonds is 5. The maximum atomic E-state index is 11.2. The molecule has 0 N–H and O–H groups in total. The van der Waals surface area contributed by atoms with Gasteiger partial charge in [-0.05, 0) is 26.8 Å². The molecule has 4 nitrogen and oxygen atoms in total. The Bertz CT molecular complexity index is 223. The van der Waals surface area contributed by atoms with Gasteiger partial charge >= 0.3 is 5.97 Å². The van der Waals surface area contributed by atoms with Gasteiger partial charge in [0.2, 0.25) is 5.91 Å². The summed E-state index contributed by atoms with van der Waals surface area (Å²) in [6, 6.07) is 0. The van der Waals surface area contributed by atoms with E-state index >= 15 is 0 Å². The maximum absolute atomic E-state index is 11.2. The molecule has 0 saturated carbocycles. The minimum absolute atomic E-state index is 0.0144. The van der Waals surface area contributed by atoms with Crippen LogP contribution in [-0.2, 0) is 14.3 Å². The molecule has 0 aliphatic rings. The first-order valence-corrected chi connectivity index (χ1v) is 4.62. The van der Waals surface area contributed by atoms with E-state index in [1.807, 2.05) is 0 Å². The van der Waals surface area contributed by atoms with Gasteiger partial charge in [-0.2, -0.15) is 0 Å². The lowest BCUT2D eigenvalue weighted by Crippen LogP contribution is -2.35. The van der Waals surface area contributed by atoms with Crippen molar-refractivity contribution in [2.24, 2.45) is 0 Å². The molecule has 0 spiro atoms. The van der Waals surface area contributed by atoms with Crippen molar-refractivity contribution in [3.63, 3.8) is 0 Å². The van der Waals surface area contributed by atoms with Gasteiger partial charge in [0.05, 0.1) is 6.10 Å². The second-order valence-electron chi connectivity index (χ2n) is 3.10. The Hall–Kier alpha value is -1.32. The van der Waals surface area contributed by atoms with Gasteiger partial charge in [-0.3, -0.25) is 9.59 Å². The fraction of sp³-hybridized carbons (Fsp3) is 0.600. The van der Waals surface area contributed by atoms with Crippen molar-refractivity contribution < 1.29 is 14.3 Å². The molecule has 14 heavy (non-hydrogen) atoms. The van der Waals surface area contributed by atoms with Crippen molar-refractivity contribution in [3.8, 4) is 0 Å². The van der Waals surface area contributed by atoms with Crippen molar-refractivity contribution >= 4 is 11.9 Å². The van der Waals surface area contributed by atoms with E-state index in [-0.39, 0.29) is 18.6 Å². The van der Waals surface area contributed by atoms with Gasteiger partial charge in [0.1, 0.15) is 6.54 Å². The van der Waals surface area contributed by atoms with Crippen LogP contribution in [0.5, 0.6) is 0 Å². The molecule has 0 rings (SSSR count). The summed E-state index contributed by atoms with van der Waals surface area (Å²) < 4.78 is 4.91. The molecule has 4 heteroatoms. The number of hydrogen-bond acceptors (Lipinski definition) is 3. The van der Waals surface area contributed by atoms with Gasteiger partial charge in [0, 0.05) is 6.54 Å². The average molecular weight is 199 g/mol. The molecular formula is C10H17NO3. The largest absolute Gasteiger partial charge is 0.462 e. The molecule has 0 aliphatic carbocycles. The highest BCUT2D eigenvalue weighted by atomic mass is 16.5. The fourth-order valence-corrected chi connectivity index (χ4v) is 0.931. The normalized spacial score (nSPS) is 9.71. The highest BCUT2D eigenvalue weighted by Crippen LogP contribution is 1.95. The lowest BCUT2D eigenvalue weighted by molar-refractivity contribution is -0.151. The predicted molar refractivity (Wildman–Crippen MR) is 53.7 cm³/mol. The highest BCUT2D eigenvalue weighted by molar-refractivity contribution is 5.89.